The second-order valence-corrected chi connectivity index (χ2v) is 5.68. The normalized spacial score (nSPS) is 15.8. The third-order valence-corrected chi connectivity index (χ3v) is 3.47. The van der Waals surface area contributed by atoms with Gasteiger partial charge < -0.3 is 9.84 Å². The number of para-hydroxylation sites is 1. The summed E-state index contributed by atoms with van der Waals surface area (Å²) in [7, 11) is 1.74. The number of carbonyl (C=O) groups is 1. The Balaban J connectivity index is 2.14. The highest BCUT2D eigenvalue weighted by atomic mass is 16.5. The summed E-state index contributed by atoms with van der Waals surface area (Å²) in [5.74, 6) is -0.196. The largest absolute Gasteiger partial charge is 0.487 e. The number of hydrogen-bond acceptors (Lipinski definition) is 3. The Morgan fingerprint density at radius 2 is 2.20 bits per heavy atom. The lowest BCUT2D eigenvalue weighted by Gasteiger charge is -2.18. The van der Waals surface area contributed by atoms with Crippen LogP contribution in [0.4, 0.5) is 0 Å². The maximum absolute atomic E-state index is 11.0. The van der Waals surface area contributed by atoms with Crippen LogP contribution in [0, 0.1) is 0 Å². The van der Waals surface area contributed by atoms with Crippen LogP contribution in [0.15, 0.2) is 24.3 Å². The van der Waals surface area contributed by atoms with Gasteiger partial charge in [-0.2, -0.15) is 5.10 Å². The summed E-state index contributed by atoms with van der Waals surface area (Å²) in [4.78, 5) is 11.0. The molecule has 1 aromatic carbocycles. The molecule has 5 heteroatoms. The average molecular weight is 272 g/mol. The molecule has 0 spiro atoms. The second-order valence-electron chi connectivity index (χ2n) is 5.68. The molecule has 104 valence electrons. The van der Waals surface area contributed by atoms with Crippen molar-refractivity contribution < 1.29 is 14.6 Å². The van der Waals surface area contributed by atoms with Crippen LogP contribution in [0.1, 0.15) is 29.9 Å². The molecule has 2 heterocycles. The van der Waals surface area contributed by atoms with Crippen molar-refractivity contribution in [3.8, 4) is 17.0 Å². The summed E-state index contributed by atoms with van der Waals surface area (Å²) in [6, 6.07) is 7.52. The standard InChI is InChI=1S/C15H16N2O3/c1-15(2)8-9-5-4-6-10(13(9)20-15)12-7-11(14(18)19)16-17(12)3/h4-7H,8H2,1-3H3,(H,18,19). The van der Waals surface area contributed by atoms with Gasteiger partial charge >= 0.3 is 5.97 Å². The first kappa shape index (κ1) is 12.7. The van der Waals surface area contributed by atoms with Crippen LogP contribution in [0.25, 0.3) is 11.3 Å². The molecule has 1 aliphatic rings. The fraction of sp³-hybridized carbons (Fsp3) is 0.333. The summed E-state index contributed by atoms with van der Waals surface area (Å²) < 4.78 is 7.59. The van der Waals surface area contributed by atoms with Crippen molar-refractivity contribution in [2.24, 2.45) is 7.05 Å². The van der Waals surface area contributed by atoms with Gasteiger partial charge in [-0.1, -0.05) is 12.1 Å². The summed E-state index contributed by atoms with van der Waals surface area (Å²) in [6.07, 6.45) is 0.847. The number of benzene rings is 1. The molecule has 0 radical (unpaired) electrons. The van der Waals surface area contributed by atoms with Crippen LogP contribution >= 0.6 is 0 Å². The number of aromatic nitrogens is 2. The van der Waals surface area contributed by atoms with E-state index in [2.05, 4.69) is 5.10 Å². The fourth-order valence-corrected chi connectivity index (χ4v) is 2.64. The number of rotatable bonds is 2. The van der Waals surface area contributed by atoms with E-state index in [1.807, 2.05) is 32.0 Å². The molecule has 0 fully saturated rings. The summed E-state index contributed by atoms with van der Waals surface area (Å²) in [6.45, 7) is 4.09. The van der Waals surface area contributed by atoms with Crippen LogP contribution < -0.4 is 4.74 Å². The zero-order chi connectivity index (χ0) is 14.5. The summed E-state index contributed by atoms with van der Waals surface area (Å²) in [5.41, 5.74) is 2.59. The summed E-state index contributed by atoms with van der Waals surface area (Å²) >= 11 is 0. The first-order chi connectivity index (χ1) is 9.37. The molecule has 1 aliphatic heterocycles. The highest BCUT2D eigenvalue weighted by Crippen LogP contribution is 2.42. The summed E-state index contributed by atoms with van der Waals surface area (Å²) in [5, 5.41) is 13.0. The Morgan fingerprint density at radius 1 is 1.45 bits per heavy atom. The number of aryl methyl sites for hydroxylation is 1. The SMILES string of the molecule is Cn1nc(C(=O)O)cc1-c1cccc2c1OC(C)(C)C2. The van der Waals surface area contributed by atoms with E-state index >= 15 is 0 Å². The Hall–Kier alpha value is -2.30. The number of carboxylic acids is 1. The van der Waals surface area contributed by atoms with Gasteiger partial charge in [-0.25, -0.2) is 4.79 Å². The minimum atomic E-state index is -1.03. The monoisotopic (exact) mass is 272 g/mol. The van der Waals surface area contributed by atoms with Crippen LogP contribution in [-0.4, -0.2) is 26.5 Å². The quantitative estimate of drug-likeness (QED) is 0.912. The molecule has 0 saturated carbocycles. The van der Waals surface area contributed by atoms with Gasteiger partial charge in [0.25, 0.3) is 0 Å². The van der Waals surface area contributed by atoms with Gasteiger partial charge in [-0.3, -0.25) is 4.68 Å². The zero-order valence-electron chi connectivity index (χ0n) is 11.7. The molecule has 0 aliphatic carbocycles. The molecule has 2 aromatic rings. The number of hydrogen-bond donors (Lipinski definition) is 1. The number of aromatic carboxylic acids is 1. The predicted molar refractivity (Wildman–Crippen MR) is 74.0 cm³/mol. The molecule has 1 aromatic heterocycles. The lowest BCUT2D eigenvalue weighted by molar-refractivity contribution is 0.0689. The zero-order valence-corrected chi connectivity index (χ0v) is 11.7. The van der Waals surface area contributed by atoms with E-state index in [1.165, 1.54) is 0 Å². The van der Waals surface area contributed by atoms with Crippen molar-refractivity contribution in [1.29, 1.82) is 0 Å². The minimum Gasteiger partial charge on any atom is -0.487 e. The van der Waals surface area contributed by atoms with E-state index in [0.29, 0.717) is 0 Å². The molecule has 0 unspecified atom stereocenters. The van der Waals surface area contributed by atoms with Crippen LogP contribution in [0.3, 0.4) is 0 Å². The number of fused-ring (bicyclic) bond motifs is 1. The second kappa shape index (κ2) is 4.10. The molecule has 1 N–H and O–H groups in total. The third kappa shape index (κ3) is 1.95. The molecule has 3 rings (SSSR count). The van der Waals surface area contributed by atoms with Crippen LogP contribution in [0.5, 0.6) is 5.75 Å². The highest BCUT2D eigenvalue weighted by Gasteiger charge is 2.32. The number of nitrogens with zero attached hydrogens (tertiary/aromatic N) is 2. The van der Waals surface area contributed by atoms with E-state index in [0.717, 1.165) is 29.0 Å². The van der Waals surface area contributed by atoms with Crippen LogP contribution in [-0.2, 0) is 13.5 Å². The van der Waals surface area contributed by atoms with Gasteiger partial charge in [0.1, 0.15) is 11.4 Å². The minimum absolute atomic E-state index is 0.0392. The first-order valence-electron chi connectivity index (χ1n) is 6.46. The van der Waals surface area contributed by atoms with Gasteiger partial charge in [0, 0.05) is 19.0 Å². The predicted octanol–water partition coefficient (Wildman–Crippen LogP) is 2.50. The van der Waals surface area contributed by atoms with Gasteiger partial charge in [0.05, 0.1) is 5.69 Å². The van der Waals surface area contributed by atoms with Crippen molar-refractivity contribution in [3.05, 3.63) is 35.5 Å². The number of carboxylic acid groups (broad SMARTS) is 1. The van der Waals surface area contributed by atoms with E-state index in [4.69, 9.17) is 9.84 Å². The molecule has 0 atom stereocenters. The molecule has 0 amide bonds. The van der Waals surface area contributed by atoms with Gasteiger partial charge in [0.15, 0.2) is 5.69 Å². The highest BCUT2D eigenvalue weighted by molar-refractivity contribution is 5.87. The van der Waals surface area contributed by atoms with Gasteiger partial charge in [0.2, 0.25) is 0 Å². The molecule has 20 heavy (non-hydrogen) atoms. The van der Waals surface area contributed by atoms with E-state index in [9.17, 15) is 4.79 Å². The maximum atomic E-state index is 11.0. The van der Waals surface area contributed by atoms with E-state index < -0.39 is 5.97 Å². The Labute approximate surface area is 116 Å². The number of ether oxygens (including phenoxy) is 1. The Morgan fingerprint density at radius 3 is 2.85 bits per heavy atom. The third-order valence-electron chi connectivity index (χ3n) is 3.47. The van der Waals surface area contributed by atoms with Gasteiger partial charge in [-0.15, -0.1) is 0 Å². The van der Waals surface area contributed by atoms with Crippen molar-refractivity contribution in [2.45, 2.75) is 25.9 Å². The van der Waals surface area contributed by atoms with Crippen molar-refractivity contribution >= 4 is 5.97 Å². The molecule has 0 bridgehead atoms. The van der Waals surface area contributed by atoms with Crippen molar-refractivity contribution in [2.75, 3.05) is 0 Å². The molecular weight excluding hydrogens is 256 g/mol. The topological polar surface area (TPSA) is 64.4 Å². The molecule has 0 saturated heterocycles. The molecular formula is C15H16N2O3. The Kier molecular flexibility index (Phi) is 2.61. The van der Waals surface area contributed by atoms with Crippen molar-refractivity contribution in [3.63, 3.8) is 0 Å². The maximum Gasteiger partial charge on any atom is 0.356 e. The first-order valence-corrected chi connectivity index (χ1v) is 6.46. The smallest absolute Gasteiger partial charge is 0.356 e. The van der Waals surface area contributed by atoms with Gasteiger partial charge in [-0.05, 0) is 31.5 Å². The molecule has 5 nitrogen and oxygen atoms in total. The van der Waals surface area contributed by atoms with Crippen LogP contribution in [0.2, 0.25) is 0 Å². The lowest BCUT2D eigenvalue weighted by atomic mass is 9.99. The van der Waals surface area contributed by atoms with E-state index in [1.54, 1.807) is 17.8 Å². The van der Waals surface area contributed by atoms with Crippen molar-refractivity contribution in [1.82, 2.24) is 9.78 Å². The lowest BCUT2D eigenvalue weighted by Crippen LogP contribution is -2.24. The fourth-order valence-electron chi connectivity index (χ4n) is 2.64. The van der Waals surface area contributed by atoms with E-state index in [-0.39, 0.29) is 11.3 Å². The Bertz CT molecular complexity index is 701. The average Bonchev–Trinajstić information content (AvgIpc) is 2.87.